The second-order valence-electron chi connectivity index (χ2n) is 3.53. The summed E-state index contributed by atoms with van der Waals surface area (Å²) < 4.78 is 27.3. The lowest BCUT2D eigenvalue weighted by molar-refractivity contribution is -0.137. The predicted molar refractivity (Wildman–Crippen MR) is 70.7 cm³/mol. The van der Waals surface area contributed by atoms with Crippen LogP contribution in [0.1, 0.15) is 34.1 Å². The van der Waals surface area contributed by atoms with E-state index < -0.39 is 13.6 Å². The van der Waals surface area contributed by atoms with Gasteiger partial charge >= 0.3 is 13.6 Å². The highest BCUT2D eigenvalue weighted by atomic mass is 31.2. The van der Waals surface area contributed by atoms with Crippen molar-refractivity contribution in [1.82, 2.24) is 0 Å². The second-order valence-corrected chi connectivity index (χ2v) is 5.90. The molecule has 0 rings (SSSR count). The van der Waals surface area contributed by atoms with Crippen molar-refractivity contribution in [2.75, 3.05) is 26.0 Å². The summed E-state index contributed by atoms with van der Waals surface area (Å²) in [4.78, 5) is 11.3. The third kappa shape index (κ3) is 6.94. The number of hydrogen-bond acceptors (Lipinski definition) is 5. The number of carbonyl (C=O) groups is 1. The van der Waals surface area contributed by atoms with Gasteiger partial charge in [0.05, 0.1) is 19.8 Å². The minimum atomic E-state index is -3.02. The molecule has 0 aromatic carbocycles. The van der Waals surface area contributed by atoms with Crippen molar-refractivity contribution in [2.24, 2.45) is 0 Å². The van der Waals surface area contributed by atoms with Crippen molar-refractivity contribution in [3.05, 3.63) is 11.6 Å². The second kappa shape index (κ2) is 9.31. The minimum Gasteiger partial charge on any atom is -0.463 e. The van der Waals surface area contributed by atoms with Gasteiger partial charge in [-0.15, -0.1) is 0 Å². The van der Waals surface area contributed by atoms with E-state index in [-0.39, 0.29) is 6.61 Å². The van der Waals surface area contributed by atoms with Crippen LogP contribution in [0, 0.1) is 0 Å². The maximum Gasteiger partial charge on any atom is 0.330 e. The quantitative estimate of drug-likeness (QED) is 0.368. The van der Waals surface area contributed by atoms with Crippen LogP contribution in [0.15, 0.2) is 11.6 Å². The molecule has 0 saturated carbocycles. The molecule has 0 aliphatic heterocycles. The Hall–Kier alpha value is -0.640. The number of hydrogen-bond donors (Lipinski definition) is 0. The molecule has 0 aliphatic carbocycles. The van der Waals surface area contributed by atoms with Crippen molar-refractivity contribution in [2.45, 2.75) is 34.1 Å². The molecule has 0 N–H and O–H groups in total. The van der Waals surface area contributed by atoms with Gasteiger partial charge in [0.25, 0.3) is 0 Å². The van der Waals surface area contributed by atoms with Crippen LogP contribution < -0.4 is 0 Å². The molecule has 106 valence electrons. The highest BCUT2D eigenvalue weighted by Crippen LogP contribution is 2.47. The normalized spacial score (nSPS) is 15.2. The Morgan fingerprint density at radius 1 is 1.11 bits per heavy atom. The van der Waals surface area contributed by atoms with Crippen LogP contribution in [-0.2, 0) is 23.1 Å². The fourth-order valence-electron chi connectivity index (χ4n) is 1.19. The molecule has 1 atom stereocenters. The van der Waals surface area contributed by atoms with Crippen LogP contribution in [0.25, 0.3) is 0 Å². The molecule has 0 saturated heterocycles. The monoisotopic (exact) mass is 278 g/mol. The average molecular weight is 278 g/mol. The summed E-state index contributed by atoms with van der Waals surface area (Å²) in [6.07, 6.45) is 2.33. The van der Waals surface area contributed by atoms with E-state index in [1.54, 1.807) is 20.8 Å². The van der Waals surface area contributed by atoms with Crippen LogP contribution in [0.5, 0.6) is 0 Å². The van der Waals surface area contributed by atoms with E-state index in [0.29, 0.717) is 25.8 Å². The lowest BCUT2D eigenvalue weighted by Crippen LogP contribution is -2.05. The Morgan fingerprint density at radius 3 is 2.22 bits per heavy atom. The molecule has 5 nitrogen and oxygen atoms in total. The van der Waals surface area contributed by atoms with Crippen LogP contribution in [-0.4, -0.2) is 32.0 Å². The molecule has 6 heteroatoms. The lowest BCUT2D eigenvalue weighted by Gasteiger charge is -2.16. The summed E-state index contributed by atoms with van der Waals surface area (Å²) in [6.45, 7) is 7.95. The maximum absolute atomic E-state index is 12.0. The van der Waals surface area contributed by atoms with Gasteiger partial charge in [-0.1, -0.05) is 13.8 Å². The molecule has 0 aliphatic rings. The zero-order chi connectivity index (χ0) is 14.0. The van der Waals surface area contributed by atoms with Gasteiger partial charge in [0.2, 0.25) is 0 Å². The van der Waals surface area contributed by atoms with Gasteiger partial charge in [0, 0.05) is 12.2 Å². The van der Waals surface area contributed by atoms with Crippen LogP contribution in [0.2, 0.25) is 0 Å². The predicted octanol–water partition coefficient (Wildman–Crippen LogP) is 3.15. The summed E-state index contributed by atoms with van der Waals surface area (Å²) in [5, 5.41) is 0. The molecular formula is C12H23O5P. The van der Waals surface area contributed by atoms with E-state index in [9.17, 15) is 9.36 Å². The topological polar surface area (TPSA) is 61.8 Å². The summed E-state index contributed by atoms with van der Waals surface area (Å²) in [6, 6.07) is 0. The molecule has 0 spiro atoms. The maximum atomic E-state index is 12.0. The molecule has 0 fully saturated rings. The van der Waals surface area contributed by atoms with Gasteiger partial charge in [0.1, 0.15) is 0 Å². The van der Waals surface area contributed by atoms with E-state index in [0.717, 1.165) is 5.57 Å². The number of esters is 1. The molecular weight excluding hydrogens is 255 g/mol. The summed E-state index contributed by atoms with van der Waals surface area (Å²) >= 11 is 0. The van der Waals surface area contributed by atoms with Gasteiger partial charge in [0.15, 0.2) is 0 Å². The van der Waals surface area contributed by atoms with E-state index in [4.69, 9.17) is 13.8 Å². The van der Waals surface area contributed by atoms with Crippen molar-refractivity contribution in [3.8, 4) is 0 Å². The SMILES string of the molecule is CCOC(=O)C=C(CC)COP(=O)(CC)OCC. The van der Waals surface area contributed by atoms with Crippen molar-refractivity contribution >= 4 is 13.6 Å². The summed E-state index contributed by atoms with van der Waals surface area (Å²) in [7, 11) is -3.02. The Morgan fingerprint density at radius 2 is 1.78 bits per heavy atom. The third-order valence-corrected chi connectivity index (χ3v) is 4.17. The zero-order valence-electron chi connectivity index (χ0n) is 11.6. The standard InChI is InChI=1S/C12H23O5P/c1-5-11(9-12(13)15-6-2)10-17-18(14,8-4)16-7-3/h9H,5-8,10H2,1-4H3. The Labute approximate surface area is 109 Å². The molecule has 0 radical (unpaired) electrons. The van der Waals surface area contributed by atoms with Crippen molar-refractivity contribution in [3.63, 3.8) is 0 Å². The van der Waals surface area contributed by atoms with Gasteiger partial charge in [-0.05, 0) is 25.8 Å². The Bertz CT molecular complexity index is 324. The summed E-state index contributed by atoms with van der Waals surface area (Å²) in [5.41, 5.74) is 0.738. The van der Waals surface area contributed by atoms with E-state index in [1.165, 1.54) is 6.08 Å². The van der Waals surface area contributed by atoms with E-state index in [2.05, 4.69) is 0 Å². The van der Waals surface area contributed by atoms with Crippen molar-refractivity contribution < 1.29 is 23.1 Å². The molecule has 0 bridgehead atoms. The lowest BCUT2D eigenvalue weighted by atomic mass is 10.2. The fraction of sp³-hybridized carbons (Fsp3) is 0.750. The van der Waals surface area contributed by atoms with Gasteiger partial charge in [-0.25, -0.2) is 4.79 Å². The Balaban J connectivity index is 4.46. The summed E-state index contributed by atoms with van der Waals surface area (Å²) in [5.74, 6) is -0.402. The van der Waals surface area contributed by atoms with Crippen LogP contribution in [0.4, 0.5) is 0 Å². The van der Waals surface area contributed by atoms with E-state index >= 15 is 0 Å². The largest absolute Gasteiger partial charge is 0.463 e. The molecule has 0 aromatic rings. The fourth-order valence-corrected chi connectivity index (χ4v) is 2.39. The number of rotatable bonds is 9. The van der Waals surface area contributed by atoms with E-state index in [1.807, 2.05) is 6.92 Å². The first-order chi connectivity index (χ1) is 8.51. The smallest absolute Gasteiger partial charge is 0.330 e. The number of carbonyl (C=O) groups excluding carboxylic acids is 1. The highest BCUT2D eigenvalue weighted by molar-refractivity contribution is 7.53. The van der Waals surface area contributed by atoms with Crippen molar-refractivity contribution in [1.29, 1.82) is 0 Å². The molecule has 0 aromatic heterocycles. The van der Waals surface area contributed by atoms with Gasteiger partial charge in [-0.2, -0.15) is 0 Å². The molecule has 18 heavy (non-hydrogen) atoms. The first kappa shape index (κ1) is 17.4. The highest BCUT2D eigenvalue weighted by Gasteiger charge is 2.21. The van der Waals surface area contributed by atoms with Gasteiger partial charge < -0.3 is 13.8 Å². The minimum absolute atomic E-state index is 0.125. The average Bonchev–Trinajstić information content (AvgIpc) is 2.35. The molecule has 1 unspecified atom stereocenters. The van der Waals surface area contributed by atoms with Gasteiger partial charge in [-0.3, -0.25) is 4.57 Å². The third-order valence-electron chi connectivity index (χ3n) is 2.22. The zero-order valence-corrected chi connectivity index (χ0v) is 12.5. The van der Waals surface area contributed by atoms with Crippen LogP contribution >= 0.6 is 7.60 Å². The Kier molecular flexibility index (Phi) is 8.98. The van der Waals surface area contributed by atoms with Crippen LogP contribution in [0.3, 0.4) is 0 Å². The molecule has 0 heterocycles. The number of ether oxygens (including phenoxy) is 1. The first-order valence-corrected chi connectivity index (χ1v) is 7.98. The first-order valence-electron chi connectivity index (χ1n) is 6.25. The molecule has 0 amide bonds.